The minimum absolute atomic E-state index is 0.313. The van der Waals surface area contributed by atoms with Crippen LogP contribution in [0.5, 0.6) is 0 Å². The topological polar surface area (TPSA) is 25.8 Å². The molecular weight excluding hydrogens is 316 g/mol. The summed E-state index contributed by atoms with van der Waals surface area (Å²) in [7, 11) is 0. The van der Waals surface area contributed by atoms with Gasteiger partial charge in [0.05, 0.1) is 16.8 Å². The van der Waals surface area contributed by atoms with Crippen LogP contribution in [0.4, 0.5) is 0 Å². The molecule has 0 bridgehead atoms. The van der Waals surface area contributed by atoms with Gasteiger partial charge in [0.15, 0.2) is 0 Å². The minimum Gasteiger partial charge on any atom is -0.254 e. The quantitative estimate of drug-likeness (QED) is 0.385. The summed E-state index contributed by atoms with van der Waals surface area (Å²) in [5.74, 6) is 0. The molecular formula is C24H16N2. The van der Waals surface area contributed by atoms with Gasteiger partial charge >= 0.3 is 0 Å². The third-order valence-corrected chi connectivity index (χ3v) is 5.83. The molecule has 2 aliphatic rings. The van der Waals surface area contributed by atoms with Gasteiger partial charge in [0.2, 0.25) is 0 Å². The monoisotopic (exact) mass is 332 g/mol. The molecule has 1 spiro atoms. The lowest BCUT2D eigenvalue weighted by molar-refractivity contribution is 0.788. The van der Waals surface area contributed by atoms with Crippen LogP contribution in [0.15, 0.2) is 79.0 Å². The molecule has 0 N–H and O–H groups in total. The van der Waals surface area contributed by atoms with Crippen LogP contribution in [0.25, 0.3) is 22.5 Å². The van der Waals surface area contributed by atoms with Crippen molar-refractivity contribution in [3.63, 3.8) is 0 Å². The van der Waals surface area contributed by atoms with Crippen LogP contribution in [-0.2, 0) is 5.41 Å². The van der Waals surface area contributed by atoms with Gasteiger partial charge in [-0.1, -0.05) is 60.7 Å². The first-order valence-corrected chi connectivity index (χ1v) is 8.95. The molecule has 0 fully saturated rings. The van der Waals surface area contributed by atoms with Gasteiger partial charge in [-0.15, -0.1) is 0 Å². The predicted molar refractivity (Wildman–Crippen MR) is 103 cm³/mol. The van der Waals surface area contributed by atoms with Gasteiger partial charge in [-0.3, -0.25) is 9.97 Å². The van der Waals surface area contributed by atoms with E-state index in [0.29, 0.717) is 0 Å². The van der Waals surface area contributed by atoms with Gasteiger partial charge in [0.1, 0.15) is 0 Å². The maximum atomic E-state index is 4.90. The molecule has 2 heterocycles. The summed E-state index contributed by atoms with van der Waals surface area (Å²) < 4.78 is 0. The zero-order chi connectivity index (χ0) is 17.3. The van der Waals surface area contributed by atoms with E-state index in [-0.39, 0.29) is 5.41 Å². The van der Waals surface area contributed by atoms with E-state index in [9.17, 15) is 0 Å². The number of hydrogen-bond donors (Lipinski definition) is 0. The number of fused-ring (bicyclic) bond motifs is 10. The molecule has 0 unspecified atom stereocenters. The van der Waals surface area contributed by atoms with Crippen LogP contribution in [-0.4, -0.2) is 9.97 Å². The fourth-order valence-electron chi connectivity index (χ4n) is 4.90. The second kappa shape index (κ2) is 4.67. The Kier molecular flexibility index (Phi) is 2.51. The van der Waals surface area contributed by atoms with E-state index in [1.165, 1.54) is 33.4 Å². The number of hydrogen-bond acceptors (Lipinski definition) is 2. The van der Waals surface area contributed by atoms with E-state index in [2.05, 4.69) is 66.7 Å². The minimum atomic E-state index is -0.313. The molecule has 122 valence electrons. The highest BCUT2D eigenvalue weighted by molar-refractivity contribution is 5.92. The SMILES string of the molecule is Cc1ccc2c(n1)-c1ncccc1C21c2ccccc2-c2ccccc21. The molecule has 0 radical (unpaired) electrons. The van der Waals surface area contributed by atoms with Crippen molar-refractivity contribution in [2.75, 3.05) is 0 Å². The molecule has 26 heavy (non-hydrogen) atoms. The Morgan fingerprint density at radius 2 is 1.23 bits per heavy atom. The molecule has 0 aliphatic heterocycles. The van der Waals surface area contributed by atoms with Gasteiger partial charge in [0.25, 0.3) is 0 Å². The maximum absolute atomic E-state index is 4.90. The summed E-state index contributed by atoms with van der Waals surface area (Å²) in [5, 5.41) is 0. The summed E-state index contributed by atoms with van der Waals surface area (Å²) in [4.78, 5) is 9.64. The van der Waals surface area contributed by atoms with Gasteiger partial charge < -0.3 is 0 Å². The lowest BCUT2D eigenvalue weighted by Gasteiger charge is -2.29. The van der Waals surface area contributed by atoms with Crippen molar-refractivity contribution in [3.8, 4) is 22.5 Å². The number of rotatable bonds is 0. The fourth-order valence-corrected chi connectivity index (χ4v) is 4.90. The highest BCUT2D eigenvalue weighted by Gasteiger charge is 2.52. The molecule has 2 nitrogen and oxygen atoms in total. The Morgan fingerprint density at radius 1 is 0.615 bits per heavy atom. The standard InChI is InChI=1S/C24H16N2/c1-15-12-13-21-23(26-15)22-20(11-6-14-25-22)24(21)18-9-4-2-7-16(18)17-8-3-5-10-19(17)24/h2-14H,1H3. The Morgan fingerprint density at radius 3 is 1.96 bits per heavy atom. The first kappa shape index (κ1) is 14.0. The van der Waals surface area contributed by atoms with Crippen LogP contribution in [0.2, 0.25) is 0 Å². The molecule has 2 aromatic carbocycles. The van der Waals surface area contributed by atoms with Crippen molar-refractivity contribution >= 4 is 0 Å². The number of nitrogens with zero attached hydrogens (tertiary/aromatic N) is 2. The second-order valence-electron chi connectivity index (χ2n) is 7.09. The van der Waals surface area contributed by atoms with E-state index < -0.39 is 0 Å². The Bertz CT molecular complexity index is 1160. The van der Waals surface area contributed by atoms with Gasteiger partial charge in [-0.25, -0.2) is 0 Å². The van der Waals surface area contributed by atoms with Gasteiger partial charge in [-0.05, 0) is 52.4 Å². The fraction of sp³-hybridized carbons (Fsp3) is 0.0833. The first-order chi connectivity index (χ1) is 12.8. The Balaban J connectivity index is 1.87. The summed E-state index contributed by atoms with van der Waals surface area (Å²) in [5.41, 5.74) is 10.5. The maximum Gasteiger partial charge on any atom is 0.0940 e. The molecule has 0 atom stereocenters. The smallest absolute Gasteiger partial charge is 0.0940 e. The van der Waals surface area contributed by atoms with Crippen molar-refractivity contribution in [3.05, 3.63) is 107 Å². The molecule has 0 saturated carbocycles. The van der Waals surface area contributed by atoms with Crippen LogP contribution in [0, 0.1) is 6.92 Å². The Hall–Kier alpha value is -3.26. The molecule has 4 aromatic rings. The van der Waals surface area contributed by atoms with Crippen molar-refractivity contribution in [1.29, 1.82) is 0 Å². The zero-order valence-corrected chi connectivity index (χ0v) is 14.4. The highest BCUT2D eigenvalue weighted by Crippen LogP contribution is 2.61. The molecule has 6 rings (SSSR count). The van der Waals surface area contributed by atoms with E-state index in [4.69, 9.17) is 9.97 Å². The zero-order valence-electron chi connectivity index (χ0n) is 14.4. The number of pyridine rings is 2. The van der Waals surface area contributed by atoms with E-state index >= 15 is 0 Å². The van der Waals surface area contributed by atoms with E-state index in [1.807, 2.05) is 19.2 Å². The summed E-state index contributed by atoms with van der Waals surface area (Å²) in [6.07, 6.45) is 1.87. The number of aryl methyl sites for hydroxylation is 1. The van der Waals surface area contributed by atoms with Crippen LogP contribution in [0.3, 0.4) is 0 Å². The van der Waals surface area contributed by atoms with Crippen molar-refractivity contribution < 1.29 is 0 Å². The third kappa shape index (κ3) is 1.45. The van der Waals surface area contributed by atoms with E-state index in [0.717, 1.165) is 17.1 Å². The van der Waals surface area contributed by atoms with Crippen LogP contribution in [0.1, 0.15) is 27.9 Å². The molecule has 2 aliphatic carbocycles. The number of aromatic nitrogens is 2. The largest absolute Gasteiger partial charge is 0.254 e. The lowest BCUT2D eigenvalue weighted by atomic mass is 9.71. The van der Waals surface area contributed by atoms with Crippen molar-refractivity contribution in [2.45, 2.75) is 12.3 Å². The highest BCUT2D eigenvalue weighted by atomic mass is 14.8. The average Bonchev–Trinajstić information content (AvgIpc) is 3.15. The first-order valence-electron chi connectivity index (χ1n) is 8.95. The molecule has 2 heteroatoms. The lowest BCUT2D eigenvalue weighted by Crippen LogP contribution is -2.25. The number of benzene rings is 2. The second-order valence-corrected chi connectivity index (χ2v) is 7.09. The molecule has 0 amide bonds. The van der Waals surface area contributed by atoms with Crippen molar-refractivity contribution in [2.24, 2.45) is 0 Å². The van der Waals surface area contributed by atoms with Crippen LogP contribution >= 0.6 is 0 Å². The normalized spacial score (nSPS) is 14.7. The van der Waals surface area contributed by atoms with Gasteiger partial charge in [-0.2, -0.15) is 0 Å². The summed E-state index contributed by atoms with van der Waals surface area (Å²) >= 11 is 0. The average molecular weight is 332 g/mol. The third-order valence-electron chi connectivity index (χ3n) is 5.83. The predicted octanol–water partition coefficient (Wildman–Crippen LogP) is 5.13. The van der Waals surface area contributed by atoms with Gasteiger partial charge in [0, 0.05) is 11.9 Å². The molecule has 0 saturated heterocycles. The van der Waals surface area contributed by atoms with E-state index in [1.54, 1.807) is 0 Å². The summed E-state index contributed by atoms with van der Waals surface area (Å²) in [6, 6.07) is 26.2. The van der Waals surface area contributed by atoms with Crippen molar-refractivity contribution in [1.82, 2.24) is 9.97 Å². The molecule has 2 aromatic heterocycles. The Labute approximate surface area is 152 Å². The van der Waals surface area contributed by atoms with Crippen LogP contribution < -0.4 is 0 Å². The summed E-state index contributed by atoms with van der Waals surface area (Å²) in [6.45, 7) is 2.05.